The monoisotopic (exact) mass is 336 g/mol. The number of Topliss-reactive ketones (excluding diaryl/α,β-unsaturated/α-hetero) is 1. The molecule has 0 bridgehead atoms. The smallest absolute Gasteiger partial charge is 0.371 e. The normalized spacial score (nSPS) is 14.2. The highest BCUT2D eigenvalue weighted by atomic mass is 35.5. The van der Waals surface area contributed by atoms with E-state index in [-0.39, 0.29) is 32.7 Å². The molecule has 1 aliphatic rings. The Morgan fingerprint density at radius 2 is 1.95 bits per heavy atom. The van der Waals surface area contributed by atoms with Crippen LogP contribution >= 0.6 is 23.2 Å². The van der Waals surface area contributed by atoms with E-state index >= 15 is 0 Å². The molecule has 6 heteroatoms. The van der Waals surface area contributed by atoms with Crippen molar-refractivity contribution in [2.45, 2.75) is 12.8 Å². The van der Waals surface area contributed by atoms with Crippen LogP contribution in [0.25, 0.3) is 11.0 Å². The van der Waals surface area contributed by atoms with E-state index < -0.39 is 5.97 Å². The number of halogens is 2. The number of fused-ring (bicyclic) bond motifs is 1. The molecule has 0 spiro atoms. The fraction of sp³-hybridized carbons (Fsp3) is 0.125. The number of carboxylic acids is 1. The number of carbonyl (C=O) groups excluding carboxylic acids is 1. The van der Waals surface area contributed by atoms with Gasteiger partial charge in [-0.05, 0) is 25.0 Å². The Morgan fingerprint density at radius 3 is 2.59 bits per heavy atom. The molecule has 0 unspecified atom stereocenters. The van der Waals surface area contributed by atoms with Gasteiger partial charge in [0, 0.05) is 16.5 Å². The maximum Gasteiger partial charge on any atom is 0.371 e. The molecule has 0 amide bonds. The zero-order chi connectivity index (χ0) is 15.9. The Kier molecular flexibility index (Phi) is 3.81. The van der Waals surface area contributed by atoms with E-state index in [1.54, 1.807) is 6.08 Å². The number of allylic oxidation sites excluding steroid dienone is 4. The van der Waals surface area contributed by atoms with Crippen molar-refractivity contribution in [1.29, 1.82) is 0 Å². The summed E-state index contributed by atoms with van der Waals surface area (Å²) in [5.41, 5.74) is 1.05. The molecule has 0 saturated carbocycles. The summed E-state index contributed by atoms with van der Waals surface area (Å²) in [5, 5.41) is 9.52. The second kappa shape index (κ2) is 5.63. The lowest BCUT2D eigenvalue weighted by Crippen LogP contribution is -2.06. The third-order valence-corrected chi connectivity index (χ3v) is 4.30. The fourth-order valence-electron chi connectivity index (χ4n) is 2.36. The van der Waals surface area contributed by atoms with Crippen LogP contribution in [0.15, 0.2) is 40.4 Å². The van der Waals surface area contributed by atoms with E-state index in [4.69, 9.17) is 32.7 Å². The van der Waals surface area contributed by atoms with Crippen molar-refractivity contribution in [3.63, 3.8) is 0 Å². The second-order valence-corrected chi connectivity index (χ2v) is 5.63. The van der Waals surface area contributed by atoms with Gasteiger partial charge in [0.2, 0.25) is 5.76 Å². The number of carboxylic acid groups (broad SMARTS) is 1. The van der Waals surface area contributed by atoms with Crippen LogP contribution < -0.4 is 0 Å². The maximum absolute atomic E-state index is 12.6. The SMILES string of the molecule is O=C(O)c1cc2cc(C(=O)C3=CC=CCC3)c(Cl)c(Cl)c2o1. The third kappa shape index (κ3) is 2.45. The molecule has 1 heterocycles. The number of hydrogen-bond donors (Lipinski definition) is 1. The van der Waals surface area contributed by atoms with Crippen molar-refractivity contribution >= 4 is 45.9 Å². The van der Waals surface area contributed by atoms with Crippen LogP contribution in [0, 0.1) is 0 Å². The minimum atomic E-state index is -1.21. The van der Waals surface area contributed by atoms with Crippen LogP contribution in [0.3, 0.4) is 0 Å². The summed E-state index contributed by atoms with van der Waals surface area (Å²) in [5.74, 6) is -1.68. The summed E-state index contributed by atoms with van der Waals surface area (Å²) in [6.07, 6.45) is 6.97. The van der Waals surface area contributed by atoms with Gasteiger partial charge in [-0.15, -0.1) is 0 Å². The van der Waals surface area contributed by atoms with Crippen molar-refractivity contribution in [2.24, 2.45) is 0 Å². The van der Waals surface area contributed by atoms with Crippen molar-refractivity contribution < 1.29 is 19.1 Å². The summed E-state index contributed by atoms with van der Waals surface area (Å²) in [6, 6.07) is 2.84. The Bertz CT molecular complexity index is 859. The van der Waals surface area contributed by atoms with Crippen molar-refractivity contribution in [3.8, 4) is 0 Å². The second-order valence-electron chi connectivity index (χ2n) is 4.87. The first kappa shape index (κ1) is 14.9. The molecule has 0 fully saturated rings. The Balaban J connectivity index is 2.16. The van der Waals surface area contributed by atoms with Gasteiger partial charge >= 0.3 is 5.97 Å². The fourth-order valence-corrected chi connectivity index (χ4v) is 2.83. The average Bonchev–Trinajstić information content (AvgIpc) is 2.95. The zero-order valence-corrected chi connectivity index (χ0v) is 12.7. The molecule has 0 atom stereocenters. The van der Waals surface area contributed by atoms with E-state index in [1.165, 1.54) is 12.1 Å². The van der Waals surface area contributed by atoms with E-state index in [0.29, 0.717) is 17.4 Å². The van der Waals surface area contributed by atoms with Gasteiger partial charge in [-0.1, -0.05) is 41.4 Å². The van der Waals surface area contributed by atoms with Gasteiger partial charge in [-0.2, -0.15) is 0 Å². The molecule has 1 aromatic heterocycles. The molecule has 3 rings (SSSR count). The first-order chi connectivity index (χ1) is 10.5. The quantitative estimate of drug-likeness (QED) is 0.809. The predicted octanol–water partition coefficient (Wildman–Crippen LogP) is 4.90. The van der Waals surface area contributed by atoms with E-state index in [1.807, 2.05) is 12.2 Å². The molecule has 1 N–H and O–H groups in total. The van der Waals surface area contributed by atoms with Gasteiger partial charge in [0.1, 0.15) is 5.02 Å². The van der Waals surface area contributed by atoms with Crippen LogP contribution in [0.4, 0.5) is 0 Å². The molecular formula is C16H10Cl2O4. The highest BCUT2D eigenvalue weighted by molar-refractivity contribution is 6.47. The van der Waals surface area contributed by atoms with Gasteiger partial charge in [0.25, 0.3) is 0 Å². The first-order valence-electron chi connectivity index (χ1n) is 6.54. The molecule has 0 radical (unpaired) electrons. The lowest BCUT2D eigenvalue weighted by atomic mass is 9.95. The highest BCUT2D eigenvalue weighted by Gasteiger charge is 2.22. The number of ketones is 1. The van der Waals surface area contributed by atoms with Gasteiger partial charge < -0.3 is 9.52 Å². The van der Waals surface area contributed by atoms with Crippen LogP contribution in [0.5, 0.6) is 0 Å². The standard InChI is InChI=1S/C16H10Cl2O4/c17-12-10(14(19)8-4-2-1-3-5-8)6-9-7-11(16(20)21)22-15(9)13(12)18/h1-2,4,6-7H,3,5H2,(H,20,21). The molecule has 0 aliphatic heterocycles. The number of benzene rings is 1. The van der Waals surface area contributed by atoms with Crippen molar-refractivity contribution in [2.75, 3.05) is 0 Å². The number of rotatable bonds is 3. The lowest BCUT2D eigenvalue weighted by molar-refractivity contribution is 0.0665. The molecule has 1 aromatic carbocycles. The van der Waals surface area contributed by atoms with E-state index in [2.05, 4.69) is 0 Å². The van der Waals surface area contributed by atoms with E-state index in [9.17, 15) is 9.59 Å². The van der Waals surface area contributed by atoms with Crippen LogP contribution in [0.2, 0.25) is 10.0 Å². The first-order valence-corrected chi connectivity index (χ1v) is 7.30. The average molecular weight is 337 g/mol. The summed E-state index contributed by atoms with van der Waals surface area (Å²) in [4.78, 5) is 23.5. The van der Waals surface area contributed by atoms with Gasteiger partial charge in [-0.25, -0.2) is 4.79 Å². The molecule has 0 saturated heterocycles. The number of furan rings is 1. The van der Waals surface area contributed by atoms with Crippen LogP contribution in [-0.4, -0.2) is 16.9 Å². The largest absolute Gasteiger partial charge is 0.475 e. The maximum atomic E-state index is 12.6. The third-order valence-electron chi connectivity index (χ3n) is 3.45. The molecule has 4 nitrogen and oxygen atoms in total. The van der Waals surface area contributed by atoms with E-state index in [0.717, 1.165) is 6.42 Å². The van der Waals surface area contributed by atoms with Gasteiger partial charge in [0.15, 0.2) is 11.4 Å². The highest BCUT2D eigenvalue weighted by Crippen LogP contribution is 2.37. The zero-order valence-electron chi connectivity index (χ0n) is 11.2. The number of carbonyl (C=O) groups is 2. The topological polar surface area (TPSA) is 67.5 Å². The molecular weight excluding hydrogens is 327 g/mol. The molecule has 112 valence electrons. The number of aromatic carboxylic acids is 1. The van der Waals surface area contributed by atoms with Crippen LogP contribution in [0.1, 0.15) is 33.8 Å². The van der Waals surface area contributed by atoms with Gasteiger partial charge in [-0.3, -0.25) is 4.79 Å². The Morgan fingerprint density at radius 1 is 1.18 bits per heavy atom. The summed E-state index contributed by atoms with van der Waals surface area (Å²) >= 11 is 12.3. The minimum Gasteiger partial charge on any atom is -0.475 e. The summed E-state index contributed by atoms with van der Waals surface area (Å²) in [7, 11) is 0. The summed E-state index contributed by atoms with van der Waals surface area (Å²) in [6.45, 7) is 0. The molecule has 1 aliphatic carbocycles. The predicted molar refractivity (Wildman–Crippen MR) is 84.0 cm³/mol. The minimum absolute atomic E-state index is 0.0435. The van der Waals surface area contributed by atoms with Crippen molar-refractivity contribution in [1.82, 2.24) is 0 Å². The lowest BCUT2D eigenvalue weighted by Gasteiger charge is -2.10. The molecule has 2 aromatic rings. The number of hydrogen-bond acceptors (Lipinski definition) is 3. The van der Waals surface area contributed by atoms with Gasteiger partial charge in [0.05, 0.1) is 5.02 Å². The molecule has 22 heavy (non-hydrogen) atoms. The van der Waals surface area contributed by atoms with Crippen LogP contribution in [-0.2, 0) is 0 Å². The Hall–Kier alpha value is -2.04. The van der Waals surface area contributed by atoms with Crippen molar-refractivity contribution in [3.05, 3.63) is 57.3 Å². The summed E-state index contributed by atoms with van der Waals surface area (Å²) < 4.78 is 5.17. The Labute approximate surface area is 135 Å².